The Bertz CT molecular complexity index is 758. The van der Waals surface area contributed by atoms with Gasteiger partial charge in [-0.3, -0.25) is 0 Å². The summed E-state index contributed by atoms with van der Waals surface area (Å²) in [4.78, 5) is 3.70. The Morgan fingerprint density at radius 1 is 0.952 bits per heavy atom. The van der Waals surface area contributed by atoms with Crippen LogP contribution >= 0.6 is 0 Å². The first-order chi connectivity index (χ1) is 10.3. The van der Waals surface area contributed by atoms with Crippen molar-refractivity contribution < 1.29 is 0 Å². The van der Waals surface area contributed by atoms with Crippen LogP contribution in [-0.2, 0) is 6.42 Å². The Labute approximate surface area is 125 Å². The summed E-state index contributed by atoms with van der Waals surface area (Å²) in [7, 11) is 0. The molecule has 2 heterocycles. The van der Waals surface area contributed by atoms with Gasteiger partial charge in [-0.1, -0.05) is 48.5 Å². The Hall–Kier alpha value is -2.06. The molecule has 2 N–H and O–H groups in total. The number of fused-ring (bicyclic) bond motifs is 3. The van der Waals surface area contributed by atoms with Crippen LogP contribution in [0.4, 0.5) is 0 Å². The monoisotopic (exact) mass is 276 g/mol. The van der Waals surface area contributed by atoms with Gasteiger partial charge >= 0.3 is 0 Å². The summed E-state index contributed by atoms with van der Waals surface area (Å²) in [6.45, 7) is 3.33. The number of rotatable bonds is 1. The highest BCUT2D eigenvalue weighted by molar-refractivity contribution is 5.85. The highest BCUT2D eigenvalue weighted by Crippen LogP contribution is 2.35. The molecular weight excluding hydrogens is 256 g/mol. The molecule has 1 aromatic heterocycles. The summed E-state index contributed by atoms with van der Waals surface area (Å²) < 4.78 is 0. The van der Waals surface area contributed by atoms with E-state index in [1.54, 1.807) is 0 Å². The lowest BCUT2D eigenvalue weighted by Crippen LogP contribution is -2.32. The average Bonchev–Trinajstić information content (AvgIpc) is 2.79. The van der Waals surface area contributed by atoms with Crippen molar-refractivity contribution in [3.63, 3.8) is 0 Å². The summed E-state index contributed by atoms with van der Waals surface area (Å²) in [6, 6.07) is 19.9. The van der Waals surface area contributed by atoms with Crippen molar-refractivity contribution in [1.82, 2.24) is 10.3 Å². The second-order valence-corrected chi connectivity index (χ2v) is 5.94. The van der Waals surface area contributed by atoms with Crippen molar-refractivity contribution in [2.24, 2.45) is 0 Å². The average molecular weight is 276 g/mol. The third kappa shape index (κ3) is 2.07. The van der Waals surface area contributed by atoms with Crippen molar-refractivity contribution in [2.75, 3.05) is 6.54 Å². The molecule has 1 aliphatic heterocycles. The minimum atomic E-state index is 0.385. The molecule has 106 valence electrons. The van der Waals surface area contributed by atoms with Crippen LogP contribution in [0.15, 0.2) is 54.6 Å². The number of benzene rings is 2. The molecule has 21 heavy (non-hydrogen) atoms. The van der Waals surface area contributed by atoms with Gasteiger partial charge in [0.05, 0.1) is 0 Å². The molecule has 0 radical (unpaired) electrons. The third-order valence-electron chi connectivity index (χ3n) is 4.66. The first kappa shape index (κ1) is 12.7. The molecule has 0 bridgehead atoms. The number of para-hydroxylation sites is 1. The molecule has 0 amide bonds. The molecule has 1 aliphatic rings. The second kappa shape index (κ2) is 5.05. The molecule has 0 saturated carbocycles. The number of aromatic nitrogens is 1. The van der Waals surface area contributed by atoms with E-state index < -0.39 is 0 Å². The molecule has 0 fully saturated rings. The molecule has 4 rings (SSSR count). The van der Waals surface area contributed by atoms with Crippen molar-refractivity contribution in [3.05, 3.63) is 71.4 Å². The van der Waals surface area contributed by atoms with Gasteiger partial charge in [0, 0.05) is 28.6 Å². The number of nitrogens with one attached hydrogen (secondary N) is 2. The summed E-state index contributed by atoms with van der Waals surface area (Å²) in [6.07, 6.45) is 1.09. The minimum Gasteiger partial charge on any atom is -0.358 e. The van der Waals surface area contributed by atoms with E-state index in [9.17, 15) is 0 Å². The molecule has 2 nitrogen and oxygen atoms in total. The number of hydrogen-bond acceptors (Lipinski definition) is 1. The predicted octanol–water partition coefficient (Wildman–Crippen LogP) is 3.83. The van der Waals surface area contributed by atoms with Crippen LogP contribution in [0.2, 0.25) is 0 Å². The molecule has 2 heteroatoms. The van der Waals surface area contributed by atoms with E-state index in [1.807, 2.05) is 0 Å². The molecular formula is C19H20N2. The van der Waals surface area contributed by atoms with Crippen LogP contribution in [0.5, 0.6) is 0 Å². The largest absolute Gasteiger partial charge is 0.358 e. The highest BCUT2D eigenvalue weighted by atomic mass is 14.9. The van der Waals surface area contributed by atoms with Gasteiger partial charge in [0.1, 0.15) is 0 Å². The van der Waals surface area contributed by atoms with E-state index in [1.165, 1.54) is 27.7 Å². The summed E-state index contributed by atoms with van der Waals surface area (Å²) in [5, 5.41) is 5.05. The van der Waals surface area contributed by atoms with E-state index in [0.29, 0.717) is 12.0 Å². The van der Waals surface area contributed by atoms with E-state index in [2.05, 4.69) is 71.8 Å². The first-order valence-electron chi connectivity index (χ1n) is 7.72. The van der Waals surface area contributed by atoms with Crippen LogP contribution in [0, 0.1) is 0 Å². The third-order valence-corrected chi connectivity index (χ3v) is 4.66. The van der Waals surface area contributed by atoms with Crippen molar-refractivity contribution in [2.45, 2.75) is 25.3 Å². The van der Waals surface area contributed by atoms with Crippen LogP contribution in [-0.4, -0.2) is 17.6 Å². The SMILES string of the molecule is C[C@@H]1NCCc2c([nH]c3ccccc23)[C@H]1c1ccccc1. The fraction of sp³-hybridized carbons (Fsp3) is 0.263. The summed E-state index contributed by atoms with van der Waals surface area (Å²) >= 11 is 0. The van der Waals surface area contributed by atoms with Gasteiger partial charge in [-0.25, -0.2) is 0 Å². The standard InChI is InChI=1S/C19H20N2/c1-13-18(14-7-3-2-4-8-14)19-16(11-12-20-13)15-9-5-6-10-17(15)21-19/h2-10,13,18,20-21H,11-12H2,1H3/t13-,18+/m0/s1. The lowest BCUT2D eigenvalue weighted by Gasteiger charge is -2.23. The predicted molar refractivity (Wildman–Crippen MR) is 87.8 cm³/mol. The van der Waals surface area contributed by atoms with Gasteiger partial charge in [-0.15, -0.1) is 0 Å². The summed E-state index contributed by atoms with van der Waals surface area (Å²) in [5.74, 6) is 0.385. The maximum atomic E-state index is 3.70. The van der Waals surface area contributed by atoms with Gasteiger partial charge in [0.15, 0.2) is 0 Å². The van der Waals surface area contributed by atoms with Gasteiger partial charge in [0.25, 0.3) is 0 Å². The number of hydrogen-bond donors (Lipinski definition) is 2. The Morgan fingerprint density at radius 3 is 2.57 bits per heavy atom. The van der Waals surface area contributed by atoms with Crippen molar-refractivity contribution in [1.29, 1.82) is 0 Å². The zero-order valence-electron chi connectivity index (χ0n) is 12.3. The molecule has 0 saturated heterocycles. The van der Waals surface area contributed by atoms with Gasteiger partial charge in [0.2, 0.25) is 0 Å². The molecule has 2 atom stereocenters. The maximum absolute atomic E-state index is 3.70. The van der Waals surface area contributed by atoms with Gasteiger partial charge in [-0.05, 0) is 37.1 Å². The van der Waals surface area contributed by atoms with E-state index in [-0.39, 0.29) is 0 Å². The van der Waals surface area contributed by atoms with Gasteiger partial charge < -0.3 is 10.3 Å². The van der Waals surface area contributed by atoms with E-state index in [4.69, 9.17) is 0 Å². The van der Waals surface area contributed by atoms with Crippen molar-refractivity contribution in [3.8, 4) is 0 Å². The topological polar surface area (TPSA) is 27.8 Å². The zero-order valence-corrected chi connectivity index (χ0v) is 12.3. The Kier molecular flexibility index (Phi) is 3.04. The second-order valence-electron chi connectivity index (χ2n) is 5.94. The highest BCUT2D eigenvalue weighted by Gasteiger charge is 2.28. The van der Waals surface area contributed by atoms with E-state index in [0.717, 1.165) is 13.0 Å². The summed E-state index contributed by atoms with van der Waals surface area (Å²) in [5.41, 5.74) is 5.51. The maximum Gasteiger partial charge on any atom is 0.0459 e. The Morgan fingerprint density at radius 2 is 1.71 bits per heavy atom. The lowest BCUT2D eigenvalue weighted by molar-refractivity contribution is 0.516. The normalized spacial score (nSPS) is 22.0. The smallest absolute Gasteiger partial charge is 0.0459 e. The number of aromatic amines is 1. The van der Waals surface area contributed by atoms with Crippen LogP contribution < -0.4 is 5.32 Å². The minimum absolute atomic E-state index is 0.385. The first-order valence-corrected chi connectivity index (χ1v) is 7.72. The molecule has 2 aromatic carbocycles. The molecule has 0 spiro atoms. The number of H-pyrrole nitrogens is 1. The Balaban J connectivity index is 1.95. The molecule has 3 aromatic rings. The fourth-order valence-electron chi connectivity index (χ4n) is 3.66. The van der Waals surface area contributed by atoms with Crippen LogP contribution in [0.25, 0.3) is 10.9 Å². The zero-order chi connectivity index (χ0) is 14.2. The molecule has 0 aliphatic carbocycles. The molecule has 0 unspecified atom stereocenters. The van der Waals surface area contributed by atoms with Gasteiger partial charge in [-0.2, -0.15) is 0 Å². The lowest BCUT2D eigenvalue weighted by atomic mass is 9.88. The van der Waals surface area contributed by atoms with Crippen LogP contribution in [0.3, 0.4) is 0 Å². The van der Waals surface area contributed by atoms with Crippen LogP contribution in [0.1, 0.15) is 29.7 Å². The van der Waals surface area contributed by atoms with E-state index >= 15 is 0 Å². The fourth-order valence-corrected chi connectivity index (χ4v) is 3.66. The van der Waals surface area contributed by atoms with Crippen molar-refractivity contribution >= 4 is 10.9 Å². The quantitative estimate of drug-likeness (QED) is 0.694.